The Hall–Kier alpha value is -3.83. The van der Waals surface area contributed by atoms with Crippen molar-refractivity contribution in [2.24, 2.45) is 0 Å². The Balaban J connectivity index is 0.000000357. The third-order valence-corrected chi connectivity index (χ3v) is 5.29. The Bertz CT molecular complexity index is 1360. The highest BCUT2D eigenvalue weighted by atomic mass is 35.5. The van der Waals surface area contributed by atoms with Crippen molar-refractivity contribution in [1.29, 1.82) is 0 Å². The summed E-state index contributed by atoms with van der Waals surface area (Å²) < 4.78 is 10.3. The highest BCUT2D eigenvalue weighted by molar-refractivity contribution is 6.29. The number of aromatic nitrogens is 2. The lowest BCUT2D eigenvalue weighted by Gasteiger charge is -2.07. The molecule has 0 aliphatic heterocycles. The number of fused-ring (bicyclic) bond motifs is 2. The minimum atomic E-state index is 0. The van der Waals surface area contributed by atoms with Crippen molar-refractivity contribution in [2.45, 2.75) is 28.8 Å². The van der Waals surface area contributed by atoms with E-state index in [0.717, 1.165) is 45.7 Å². The van der Waals surface area contributed by atoms with Gasteiger partial charge in [0.2, 0.25) is 0 Å². The van der Waals surface area contributed by atoms with Crippen LogP contribution in [-0.2, 0) is 6.54 Å². The van der Waals surface area contributed by atoms with Crippen LogP contribution in [-0.4, -0.2) is 24.2 Å². The summed E-state index contributed by atoms with van der Waals surface area (Å²) in [6, 6.07) is 29.7. The average molecular weight is 506 g/mol. The van der Waals surface area contributed by atoms with E-state index in [2.05, 4.69) is 33.5 Å². The molecule has 6 heteroatoms. The van der Waals surface area contributed by atoms with Gasteiger partial charge in [-0.2, -0.15) is 0 Å². The summed E-state index contributed by atoms with van der Waals surface area (Å²) in [6.07, 6.45) is 0. The highest BCUT2D eigenvalue weighted by Crippen LogP contribution is 2.22. The van der Waals surface area contributed by atoms with E-state index in [1.807, 2.05) is 66.7 Å². The van der Waals surface area contributed by atoms with Gasteiger partial charge in [-0.05, 0) is 54.1 Å². The molecule has 2 heterocycles. The van der Waals surface area contributed by atoms with Crippen LogP contribution in [0, 0.1) is 0 Å². The van der Waals surface area contributed by atoms with E-state index in [9.17, 15) is 0 Å². The summed E-state index contributed by atoms with van der Waals surface area (Å²) in [5, 5.41) is 6.01. The molecular weight excluding hydrogens is 470 g/mol. The number of rotatable bonds is 5. The Morgan fingerprint density at radius 3 is 1.78 bits per heavy atom. The van der Waals surface area contributed by atoms with Crippen molar-refractivity contribution < 1.29 is 9.47 Å². The van der Waals surface area contributed by atoms with E-state index in [1.54, 1.807) is 20.3 Å². The minimum Gasteiger partial charge on any atom is -0.497 e. The van der Waals surface area contributed by atoms with Gasteiger partial charge in [0.05, 0.1) is 25.3 Å². The Kier molecular flexibility index (Phi) is 12.2. The quantitative estimate of drug-likeness (QED) is 0.242. The highest BCUT2D eigenvalue weighted by Gasteiger charge is 2.01. The normalized spacial score (nSPS) is 9.53. The van der Waals surface area contributed by atoms with Crippen LogP contribution in [0.1, 0.15) is 27.8 Å². The number of nitrogens with zero attached hydrogens (tertiary/aromatic N) is 2. The first-order chi connectivity index (χ1) is 16.1. The molecule has 5 nitrogen and oxygen atoms in total. The third-order valence-electron chi connectivity index (χ3n) is 5.08. The number of methoxy groups -OCH3 is 2. The molecule has 190 valence electrons. The van der Waals surface area contributed by atoms with Crippen LogP contribution in [0.4, 0.5) is 5.82 Å². The maximum absolute atomic E-state index is 5.76. The van der Waals surface area contributed by atoms with Gasteiger partial charge in [0.25, 0.3) is 0 Å². The number of hydrogen-bond acceptors (Lipinski definition) is 5. The summed E-state index contributed by atoms with van der Waals surface area (Å²) in [5.74, 6) is 2.49. The van der Waals surface area contributed by atoms with Gasteiger partial charge in [-0.3, -0.25) is 0 Å². The molecule has 0 fully saturated rings. The van der Waals surface area contributed by atoms with Gasteiger partial charge in [-0.15, -0.1) is 0 Å². The largest absolute Gasteiger partial charge is 0.497 e. The standard InChI is InChI=1S/C17H16N2O.C10H8ClNO.3CH4/c1-20-15-9-7-14-8-10-17(19-16(14)11-15)18-12-13-5-3-2-4-6-13;1-13-8-4-2-7-3-5-10(11)12-9(7)6-8;;;/h2-11H,12H2,1H3,(H,18,19);2-6H,1H3;3*1H4. The third kappa shape index (κ3) is 7.85. The number of hydrogen-bond donors (Lipinski definition) is 1. The fourth-order valence-electron chi connectivity index (χ4n) is 3.31. The number of halogens is 1. The molecule has 36 heavy (non-hydrogen) atoms. The molecule has 0 saturated carbocycles. The van der Waals surface area contributed by atoms with Gasteiger partial charge in [0.15, 0.2) is 0 Å². The topological polar surface area (TPSA) is 56.3 Å². The zero-order chi connectivity index (χ0) is 23.0. The number of ether oxygens (including phenoxy) is 2. The second kappa shape index (κ2) is 14.5. The molecule has 0 bridgehead atoms. The van der Waals surface area contributed by atoms with Gasteiger partial charge in [-0.1, -0.05) is 64.2 Å². The van der Waals surface area contributed by atoms with E-state index < -0.39 is 0 Å². The first-order valence-electron chi connectivity index (χ1n) is 10.5. The van der Waals surface area contributed by atoms with Crippen LogP contribution in [0.25, 0.3) is 21.8 Å². The van der Waals surface area contributed by atoms with Crippen LogP contribution < -0.4 is 14.8 Å². The fourth-order valence-corrected chi connectivity index (χ4v) is 3.46. The zero-order valence-corrected chi connectivity index (χ0v) is 19.2. The van der Waals surface area contributed by atoms with E-state index in [4.69, 9.17) is 21.1 Å². The molecule has 0 aliphatic rings. The first kappa shape index (κ1) is 30.2. The van der Waals surface area contributed by atoms with Gasteiger partial charge in [-0.25, -0.2) is 9.97 Å². The average Bonchev–Trinajstić information content (AvgIpc) is 2.87. The maximum atomic E-state index is 5.76. The molecular formula is C30H36ClN3O2. The zero-order valence-electron chi connectivity index (χ0n) is 18.5. The van der Waals surface area contributed by atoms with Crippen molar-refractivity contribution in [3.05, 3.63) is 102 Å². The lowest BCUT2D eigenvalue weighted by atomic mass is 10.2. The smallest absolute Gasteiger partial charge is 0.129 e. The molecule has 5 aromatic rings. The lowest BCUT2D eigenvalue weighted by molar-refractivity contribution is 0.415. The maximum Gasteiger partial charge on any atom is 0.129 e. The van der Waals surface area contributed by atoms with Crippen LogP contribution in [0.2, 0.25) is 5.15 Å². The Morgan fingerprint density at radius 1 is 0.667 bits per heavy atom. The fraction of sp³-hybridized carbons (Fsp3) is 0.200. The second-order valence-electron chi connectivity index (χ2n) is 7.29. The van der Waals surface area contributed by atoms with Crippen LogP contribution in [0.15, 0.2) is 91.0 Å². The van der Waals surface area contributed by atoms with Gasteiger partial charge in [0.1, 0.15) is 22.5 Å². The number of benzene rings is 3. The number of anilines is 1. The molecule has 0 aliphatic carbocycles. The van der Waals surface area contributed by atoms with Crippen molar-refractivity contribution in [3.63, 3.8) is 0 Å². The predicted octanol–water partition coefficient (Wildman–Crippen LogP) is 8.66. The van der Waals surface area contributed by atoms with Gasteiger partial charge >= 0.3 is 0 Å². The molecule has 0 amide bonds. The molecule has 2 aromatic heterocycles. The number of nitrogens with one attached hydrogen (secondary N) is 1. The summed E-state index contributed by atoms with van der Waals surface area (Å²) >= 11 is 5.76. The summed E-state index contributed by atoms with van der Waals surface area (Å²) in [6.45, 7) is 0.767. The molecule has 0 atom stereocenters. The van der Waals surface area contributed by atoms with Crippen LogP contribution in [0.3, 0.4) is 0 Å². The van der Waals surface area contributed by atoms with Crippen LogP contribution >= 0.6 is 11.6 Å². The van der Waals surface area contributed by atoms with E-state index in [0.29, 0.717) is 5.15 Å². The summed E-state index contributed by atoms with van der Waals surface area (Å²) in [5.41, 5.74) is 3.02. The molecule has 0 spiro atoms. The second-order valence-corrected chi connectivity index (χ2v) is 7.67. The minimum absolute atomic E-state index is 0. The summed E-state index contributed by atoms with van der Waals surface area (Å²) in [4.78, 5) is 8.78. The monoisotopic (exact) mass is 505 g/mol. The number of pyridine rings is 2. The molecule has 3 aromatic carbocycles. The van der Waals surface area contributed by atoms with Crippen LogP contribution in [0.5, 0.6) is 11.5 Å². The van der Waals surface area contributed by atoms with E-state index in [-0.39, 0.29) is 22.3 Å². The lowest BCUT2D eigenvalue weighted by Crippen LogP contribution is -2.01. The molecule has 5 rings (SSSR count). The summed E-state index contributed by atoms with van der Waals surface area (Å²) in [7, 11) is 3.30. The predicted molar refractivity (Wildman–Crippen MR) is 156 cm³/mol. The first-order valence-corrected chi connectivity index (χ1v) is 10.9. The molecule has 0 saturated heterocycles. The van der Waals surface area contributed by atoms with Crippen molar-refractivity contribution in [2.75, 3.05) is 19.5 Å². The van der Waals surface area contributed by atoms with E-state index >= 15 is 0 Å². The Morgan fingerprint density at radius 2 is 1.19 bits per heavy atom. The van der Waals surface area contributed by atoms with Gasteiger partial charge in [0, 0.05) is 29.4 Å². The molecule has 0 radical (unpaired) electrons. The van der Waals surface area contributed by atoms with E-state index in [1.165, 1.54) is 5.56 Å². The van der Waals surface area contributed by atoms with Gasteiger partial charge < -0.3 is 14.8 Å². The molecule has 1 N–H and O–H groups in total. The molecule has 0 unspecified atom stereocenters. The van der Waals surface area contributed by atoms with Crippen molar-refractivity contribution in [1.82, 2.24) is 9.97 Å². The Labute approximate surface area is 220 Å². The van der Waals surface area contributed by atoms with Crippen molar-refractivity contribution in [3.8, 4) is 11.5 Å². The van der Waals surface area contributed by atoms with Crippen molar-refractivity contribution >= 4 is 39.2 Å². The SMILES string of the molecule is C.C.C.COc1ccc2ccc(Cl)nc2c1.COc1ccc2ccc(NCc3ccccc3)nc2c1.